The molecule has 20 heavy (non-hydrogen) atoms. The molecule has 0 aromatic heterocycles. The van der Waals surface area contributed by atoms with Gasteiger partial charge in [0, 0.05) is 16.0 Å². The smallest absolute Gasteiger partial charge is 0.324 e. The monoisotopic (exact) mass is 317 g/mol. The average Bonchev–Trinajstić information content (AvgIpc) is 2.26. The zero-order valence-corrected chi connectivity index (χ0v) is 13.7. The Bertz CT molecular complexity index is 482. The second kappa shape index (κ2) is 6.33. The van der Waals surface area contributed by atoms with Gasteiger partial charge in [-0.1, -0.05) is 50.9 Å². The van der Waals surface area contributed by atoms with Crippen LogP contribution in [0.2, 0.25) is 10.0 Å². The van der Waals surface area contributed by atoms with Gasteiger partial charge in [0.1, 0.15) is 5.54 Å². The Balaban J connectivity index is 3.47. The Hall–Kier alpha value is -0.770. The Labute approximate surface area is 130 Å². The van der Waals surface area contributed by atoms with Gasteiger partial charge in [0.2, 0.25) is 0 Å². The molecule has 1 aromatic carbocycles. The molecular weight excluding hydrogens is 297 g/mol. The molecule has 3 N–H and O–H groups in total. The lowest BCUT2D eigenvalue weighted by Crippen LogP contribution is -2.58. The molecule has 0 aliphatic carbocycles. The van der Waals surface area contributed by atoms with Crippen LogP contribution in [0.25, 0.3) is 0 Å². The number of hydrogen-bond acceptors (Lipinski definition) is 2. The molecule has 0 bridgehead atoms. The van der Waals surface area contributed by atoms with Crippen molar-refractivity contribution in [2.75, 3.05) is 0 Å². The normalized spacial score (nSPS) is 16.2. The van der Waals surface area contributed by atoms with E-state index in [1.165, 1.54) is 0 Å². The van der Waals surface area contributed by atoms with Crippen LogP contribution in [0.5, 0.6) is 0 Å². The summed E-state index contributed by atoms with van der Waals surface area (Å²) in [6, 6.07) is 5.11. The van der Waals surface area contributed by atoms with Crippen LogP contribution in [0.1, 0.15) is 39.2 Å². The molecule has 0 aliphatic heterocycles. The standard InChI is InChI=1S/C15H21Cl2NO2/c1-8(2)13(15(18,9(3)4)14(19)20)10-5-11(16)7-12(17)6-10/h5-9,13H,18H2,1-4H3,(H,19,20). The Morgan fingerprint density at radius 1 is 1.15 bits per heavy atom. The minimum absolute atomic E-state index is 0.0352. The minimum atomic E-state index is -1.37. The maximum Gasteiger partial charge on any atom is 0.324 e. The van der Waals surface area contributed by atoms with E-state index in [0.29, 0.717) is 10.0 Å². The lowest BCUT2D eigenvalue weighted by molar-refractivity contribution is -0.147. The third-order valence-corrected chi connectivity index (χ3v) is 4.19. The fourth-order valence-corrected chi connectivity index (χ4v) is 3.25. The zero-order valence-electron chi connectivity index (χ0n) is 12.2. The fraction of sp³-hybridized carbons (Fsp3) is 0.533. The molecular formula is C15H21Cl2NO2. The molecule has 0 spiro atoms. The molecule has 0 amide bonds. The lowest BCUT2D eigenvalue weighted by Gasteiger charge is -2.40. The van der Waals surface area contributed by atoms with Gasteiger partial charge in [0.15, 0.2) is 0 Å². The lowest BCUT2D eigenvalue weighted by atomic mass is 9.68. The molecule has 0 heterocycles. The number of rotatable bonds is 5. The summed E-state index contributed by atoms with van der Waals surface area (Å²) >= 11 is 12.1. The van der Waals surface area contributed by atoms with Gasteiger partial charge in [-0.15, -0.1) is 0 Å². The minimum Gasteiger partial charge on any atom is -0.480 e. The number of aliphatic carboxylic acids is 1. The van der Waals surface area contributed by atoms with Gasteiger partial charge in [-0.05, 0) is 35.6 Å². The van der Waals surface area contributed by atoms with Crippen LogP contribution in [0.15, 0.2) is 18.2 Å². The maximum atomic E-state index is 11.8. The van der Waals surface area contributed by atoms with E-state index in [0.717, 1.165) is 5.56 Å². The van der Waals surface area contributed by atoms with Crippen LogP contribution >= 0.6 is 23.2 Å². The summed E-state index contributed by atoms with van der Waals surface area (Å²) in [6.07, 6.45) is 0. The van der Waals surface area contributed by atoms with Gasteiger partial charge >= 0.3 is 5.97 Å². The molecule has 2 unspecified atom stereocenters. The first-order valence-corrected chi connectivity index (χ1v) is 7.34. The van der Waals surface area contributed by atoms with Crippen molar-refractivity contribution in [3.8, 4) is 0 Å². The number of halogens is 2. The second-order valence-electron chi connectivity index (χ2n) is 5.82. The van der Waals surface area contributed by atoms with Gasteiger partial charge in [-0.25, -0.2) is 0 Å². The highest BCUT2D eigenvalue weighted by Gasteiger charge is 2.47. The van der Waals surface area contributed by atoms with Crippen molar-refractivity contribution in [1.82, 2.24) is 0 Å². The van der Waals surface area contributed by atoms with Crippen molar-refractivity contribution in [1.29, 1.82) is 0 Å². The van der Waals surface area contributed by atoms with Crippen LogP contribution in [0.3, 0.4) is 0 Å². The highest BCUT2D eigenvalue weighted by atomic mass is 35.5. The number of hydrogen-bond donors (Lipinski definition) is 2. The maximum absolute atomic E-state index is 11.8. The van der Waals surface area contributed by atoms with E-state index in [1.807, 2.05) is 27.7 Å². The van der Waals surface area contributed by atoms with E-state index in [-0.39, 0.29) is 17.8 Å². The van der Waals surface area contributed by atoms with E-state index < -0.39 is 11.5 Å². The number of carbonyl (C=O) groups is 1. The van der Waals surface area contributed by atoms with Crippen molar-refractivity contribution in [3.63, 3.8) is 0 Å². The molecule has 1 aromatic rings. The molecule has 0 saturated heterocycles. The predicted molar refractivity (Wildman–Crippen MR) is 83.4 cm³/mol. The van der Waals surface area contributed by atoms with E-state index in [4.69, 9.17) is 28.9 Å². The summed E-state index contributed by atoms with van der Waals surface area (Å²) in [6.45, 7) is 7.53. The molecule has 112 valence electrons. The van der Waals surface area contributed by atoms with E-state index in [9.17, 15) is 9.90 Å². The van der Waals surface area contributed by atoms with Crippen LogP contribution in [0.4, 0.5) is 0 Å². The van der Waals surface area contributed by atoms with Gasteiger partial charge in [0.05, 0.1) is 0 Å². The van der Waals surface area contributed by atoms with E-state index in [1.54, 1.807) is 18.2 Å². The first-order valence-electron chi connectivity index (χ1n) is 6.59. The van der Waals surface area contributed by atoms with Crippen molar-refractivity contribution in [3.05, 3.63) is 33.8 Å². The molecule has 0 saturated carbocycles. The Morgan fingerprint density at radius 2 is 1.60 bits per heavy atom. The fourth-order valence-electron chi connectivity index (χ4n) is 2.71. The number of benzene rings is 1. The number of carboxylic acid groups (broad SMARTS) is 1. The van der Waals surface area contributed by atoms with Crippen LogP contribution in [-0.2, 0) is 4.79 Å². The van der Waals surface area contributed by atoms with Gasteiger partial charge in [0.25, 0.3) is 0 Å². The molecule has 0 radical (unpaired) electrons. The average molecular weight is 318 g/mol. The van der Waals surface area contributed by atoms with Crippen LogP contribution in [0, 0.1) is 11.8 Å². The third kappa shape index (κ3) is 3.27. The highest BCUT2D eigenvalue weighted by Crippen LogP contribution is 2.40. The summed E-state index contributed by atoms with van der Waals surface area (Å²) in [7, 11) is 0. The van der Waals surface area contributed by atoms with Crippen molar-refractivity contribution >= 4 is 29.2 Å². The summed E-state index contributed by atoms with van der Waals surface area (Å²) < 4.78 is 0. The van der Waals surface area contributed by atoms with E-state index >= 15 is 0 Å². The van der Waals surface area contributed by atoms with Crippen molar-refractivity contribution in [2.24, 2.45) is 17.6 Å². The molecule has 1 rings (SSSR count). The highest BCUT2D eigenvalue weighted by molar-refractivity contribution is 6.34. The largest absolute Gasteiger partial charge is 0.480 e. The van der Waals surface area contributed by atoms with E-state index in [2.05, 4.69) is 0 Å². The first kappa shape index (κ1) is 17.3. The third-order valence-electron chi connectivity index (χ3n) is 3.75. The summed E-state index contributed by atoms with van der Waals surface area (Å²) in [5, 5.41) is 10.6. The van der Waals surface area contributed by atoms with Gasteiger partial charge < -0.3 is 10.8 Å². The molecule has 2 atom stereocenters. The summed E-state index contributed by atoms with van der Waals surface area (Å²) in [4.78, 5) is 11.8. The molecule has 5 heteroatoms. The SMILES string of the molecule is CC(C)C(c1cc(Cl)cc(Cl)c1)C(N)(C(=O)O)C(C)C. The molecule has 0 aliphatic rings. The quantitative estimate of drug-likeness (QED) is 0.856. The number of carboxylic acids is 1. The first-order chi connectivity index (χ1) is 9.10. The topological polar surface area (TPSA) is 63.3 Å². The number of nitrogens with two attached hydrogens (primary N) is 1. The Kier molecular flexibility index (Phi) is 5.47. The van der Waals surface area contributed by atoms with Crippen LogP contribution < -0.4 is 5.73 Å². The predicted octanol–water partition coefficient (Wildman–Crippen LogP) is 4.17. The summed E-state index contributed by atoms with van der Waals surface area (Å²) in [5.41, 5.74) is 5.66. The van der Waals surface area contributed by atoms with Crippen molar-refractivity contribution in [2.45, 2.75) is 39.2 Å². The zero-order chi connectivity index (χ0) is 15.7. The van der Waals surface area contributed by atoms with Gasteiger partial charge in [-0.3, -0.25) is 4.79 Å². The summed E-state index contributed by atoms with van der Waals surface area (Å²) in [5.74, 6) is -1.59. The Morgan fingerprint density at radius 3 is 1.90 bits per heavy atom. The molecule has 0 fully saturated rings. The van der Waals surface area contributed by atoms with Gasteiger partial charge in [-0.2, -0.15) is 0 Å². The molecule has 3 nitrogen and oxygen atoms in total. The van der Waals surface area contributed by atoms with Crippen molar-refractivity contribution < 1.29 is 9.90 Å². The second-order valence-corrected chi connectivity index (χ2v) is 6.69. The van der Waals surface area contributed by atoms with Crippen LogP contribution in [-0.4, -0.2) is 16.6 Å².